The van der Waals surface area contributed by atoms with Crippen LogP contribution in [0, 0.1) is 0 Å². The van der Waals surface area contributed by atoms with Gasteiger partial charge in [0, 0.05) is 6.54 Å². The van der Waals surface area contributed by atoms with Crippen LogP contribution in [-0.4, -0.2) is 38.1 Å². The Morgan fingerprint density at radius 2 is 2.20 bits per heavy atom. The second-order valence-electron chi connectivity index (χ2n) is 4.27. The number of anilines is 1. The quantitative estimate of drug-likeness (QED) is 0.837. The third kappa shape index (κ3) is 3.20. The van der Waals surface area contributed by atoms with Crippen LogP contribution in [-0.2, 0) is 9.59 Å². The number of nitrogens with zero attached hydrogens (tertiary/aromatic N) is 1. The monoisotopic (exact) mass is 299 g/mol. The molecule has 2 rings (SSSR count). The molecule has 6 nitrogen and oxygen atoms in total. The van der Waals surface area contributed by atoms with Gasteiger partial charge in [-0.05, 0) is 18.6 Å². The third-order valence-corrected chi connectivity index (χ3v) is 3.10. The van der Waals surface area contributed by atoms with E-state index in [2.05, 4.69) is 5.32 Å². The standard InChI is InChI=1S/C13H17N3O3.ClH/c1-19-11-5-3-2-4-10(11)16-7-6-9(13(16)18)15-12(17)8-14;/h2-5,9H,6-8,14H2,1H3,(H,15,17);1H. The predicted octanol–water partition coefficient (Wildman–Crippen LogP) is 0.297. The maximum Gasteiger partial charge on any atom is 0.249 e. The second-order valence-corrected chi connectivity index (χ2v) is 4.27. The van der Waals surface area contributed by atoms with Crippen molar-refractivity contribution in [1.82, 2.24) is 5.32 Å². The summed E-state index contributed by atoms with van der Waals surface area (Å²) in [4.78, 5) is 25.1. The Bertz CT molecular complexity index is 496. The summed E-state index contributed by atoms with van der Waals surface area (Å²) in [5, 5.41) is 2.62. The highest BCUT2D eigenvalue weighted by atomic mass is 35.5. The molecule has 0 aromatic heterocycles. The first-order chi connectivity index (χ1) is 9.17. The summed E-state index contributed by atoms with van der Waals surface area (Å²) in [5.74, 6) is 0.188. The molecule has 7 heteroatoms. The van der Waals surface area contributed by atoms with Gasteiger partial charge in [0.1, 0.15) is 11.8 Å². The van der Waals surface area contributed by atoms with Gasteiger partial charge < -0.3 is 20.7 Å². The van der Waals surface area contributed by atoms with Crippen molar-refractivity contribution in [2.75, 3.05) is 25.1 Å². The van der Waals surface area contributed by atoms with Gasteiger partial charge in [-0.25, -0.2) is 0 Å². The predicted molar refractivity (Wildman–Crippen MR) is 78.2 cm³/mol. The highest BCUT2D eigenvalue weighted by molar-refractivity contribution is 6.02. The van der Waals surface area contributed by atoms with E-state index in [0.29, 0.717) is 18.7 Å². The summed E-state index contributed by atoms with van der Waals surface area (Å²) in [6.07, 6.45) is 0.572. The lowest BCUT2D eigenvalue weighted by Gasteiger charge is -2.19. The van der Waals surface area contributed by atoms with Gasteiger partial charge in [-0.1, -0.05) is 12.1 Å². The molecule has 3 N–H and O–H groups in total. The number of benzene rings is 1. The largest absolute Gasteiger partial charge is 0.495 e. The minimum Gasteiger partial charge on any atom is -0.495 e. The Morgan fingerprint density at radius 3 is 2.85 bits per heavy atom. The molecule has 1 unspecified atom stereocenters. The summed E-state index contributed by atoms with van der Waals surface area (Å²) < 4.78 is 5.24. The molecular weight excluding hydrogens is 282 g/mol. The number of hydrogen-bond donors (Lipinski definition) is 2. The first-order valence-electron chi connectivity index (χ1n) is 6.11. The van der Waals surface area contributed by atoms with E-state index in [9.17, 15) is 9.59 Å². The van der Waals surface area contributed by atoms with Crippen molar-refractivity contribution in [2.45, 2.75) is 12.5 Å². The van der Waals surface area contributed by atoms with Crippen LogP contribution in [0.4, 0.5) is 5.69 Å². The van der Waals surface area contributed by atoms with Gasteiger partial charge >= 0.3 is 0 Å². The normalized spacial score (nSPS) is 17.6. The zero-order chi connectivity index (χ0) is 13.8. The molecule has 0 aliphatic carbocycles. The summed E-state index contributed by atoms with van der Waals surface area (Å²) in [7, 11) is 1.56. The van der Waals surface area contributed by atoms with Crippen molar-refractivity contribution in [3.8, 4) is 5.75 Å². The molecule has 1 atom stereocenters. The average molecular weight is 300 g/mol. The molecule has 1 aromatic carbocycles. The number of para-hydroxylation sites is 2. The van der Waals surface area contributed by atoms with Crippen molar-refractivity contribution in [3.05, 3.63) is 24.3 Å². The van der Waals surface area contributed by atoms with Gasteiger partial charge in [0.25, 0.3) is 0 Å². The van der Waals surface area contributed by atoms with Crippen molar-refractivity contribution in [2.24, 2.45) is 5.73 Å². The van der Waals surface area contributed by atoms with Gasteiger partial charge in [-0.15, -0.1) is 12.4 Å². The van der Waals surface area contributed by atoms with E-state index in [1.54, 1.807) is 18.1 Å². The van der Waals surface area contributed by atoms with E-state index in [1.165, 1.54) is 0 Å². The van der Waals surface area contributed by atoms with E-state index >= 15 is 0 Å². The Hall–Kier alpha value is -1.79. The van der Waals surface area contributed by atoms with Crippen LogP contribution in [0.15, 0.2) is 24.3 Å². The fraction of sp³-hybridized carbons (Fsp3) is 0.385. The zero-order valence-electron chi connectivity index (χ0n) is 11.2. The van der Waals surface area contributed by atoms with E-state index in [-0.39, 0.29) is 30.8 Å². The Balaban J connectivity index is 0.00000200. The number of halogens is 1. The van der Waals surface area contributed by atoms with Gasteiger partial charge in [-0.3, -0.25) is 9.59 Å². The lowest BCUT2D eigenvalue weighted by Crippen LogP contribution is -2.43. The lowest BCUT2D eigenvalue weighted by molar-refractivity contribution is -0.125. The Morgan fingerprint density at radius 1 is 1.50 bits per heavy atom. The molecule has 2 amide bonds. The van der Waals surface area contributed by atoms with Crippen molar-refractivity contribution in [3.63, 3.8) is 0 Å². The number of carbonyl (C=O) groups is 2. The molecule has 1 fully saturated rings. The minimum atomic E-state index is -0.499. The van der Waals surface area contributed by atoms with Crippen LogP contribution in [0.3, 0.4) is 0 Å². The molecule has 1 aromatic rings. The van der Waals surface area contributed by atoms with Gasteiger partial charge in [0.15, 0.2) is 0 Å². The van der Waals surface area contributed by atoms with Crippen LogP contribution in [0.25, 0.3) is 0 Å². The average Bonchev–Trinajstić information content (AvgIpc) is 2.80. The number of amides is 2. The topological polar surface area (TPSA) is 84.7 Å². The smallest absolute Gasteiger partial charge is 0.249 e. The molecule has 110 valence electrons. The van der Waals surface area contributed by atoms with Crippen LogP contribution >= 0.6 is 12.4 Å². The van der Waals surface area contributed by atoms with E-state index < -0.39 is 6.04 Å². The van der Waals surface area contributed by atoms with Crippen LogP contribution in [0.1, 0.15) is 6.42 Å². The van der Waals surface area contributed by atoms with Gasteiger partial charge in [-0.2, -0.15) is 0 Å². The molecule has 1 aliphatic rings. The minimum absolute atomic E-state index is 0. The first kappa shape index (κ1) is 16.3. The molecule has 1 heterocycles. The molecule has 1 aliphatic heterocycles. The zero-order valence-corrected chi connectivity index (χ0v) is 12.0. The number of ether oxygens (including phenoxy) is 1. The summed E-state index contributed by atoms with van der Waals surface area (Å²) in [5.41, 5.74) is 5.95. The maximum atomic E-state index is 12.2. The van der Waals surface area contributed by atoms with Crippen LogP contribution in [0.2, 0.25) is 0 Å². The third-order valence-electron chi connectivity index (χ3n) is 3.10. The summed E-state index contributed by atoms with van der Waals surface area (Å²) in [6.45, 7) is 0.438. The van der Waals surface area contributed by atoms with E-state index in [0.717, 1.165) is 5.69 Å². The number of hydrogen-bond acceptors (Lipinski definition) is 4. The Labute approximate surface area is 123 Å². The van der Waals surface area contributed by atoms with Gasteiger partial charge in [0.2, 0.25) is 11.8 Å². The fourth-order valence-corrected chi connectivity index (χ4v) is 2.16. The van der Waals surface area contributed by atoms with Crippen LogP contribution in [0.5, 0.6) is 5.75 Å². The molecule has 0 saturated carbocycles. The molecule has 0 spiro atoms. The van der Waals surface area contributed by atoms with Crippen molar-refractivity contribution < 1.29 is 14.3 Å². The van der Waals surface area contributed by atoms with Crippen molar-refractivity contribution >= 4 is 29.9 Å². The molecule has 20 heavy (non-hydrogen) atoms. The number of carbonyl (C=O) groups excluding carboxylic acids is 2. The summed E-state index contributed by atoms with van der Waals surface area (Å²) in [6, 6.07) is 6.81. The highest BCUT2D eigenvalue weighted by Gasteiger charge is 2.34. The Kier molecular flexibility index (Phi) is 5.79. The van der Waals surface area contributed by atoms with E-state index in [4.69, 9.17) is 10.5 Å². The SMILES string of the molecule is COc1ccccc1N1CCC(NC(=O)CN)C1=O.Cl. The molecule has 1 saturated heterocycles. The number of methoxy groups -OCH3 is 1. The molecular formula is C13H18ClN3O3. The second kappa shape index (κ2) is 7.12. The number of nitrogens with one attached hydrogen (secondary N) is 1. The summed E-state index contributed by atoms with van der Waals surface area (Å²) >= 11 is 0. The number of rotatable bonds is 4. The van der Waals surface area contributed by atoms with E-state index in [1.807, 2.05) is 18.2 Å². The highest BCUT2D eigenvalue weighted by Crippen LogP contribution is 2.30. The maximum absolute atomic E-state index is 12.2. The molecule has 0 radical (unpaired) electrons. The molecule has 0 bridgehead atoms. The number of nitrogens with two attached hydrogens (primary N) is 1. The first-order valence-corrected chi connectivity index (χ1v) is 6.11. The fourth-order valence-electron chi connectivity index (χ4n) is 2.16. The van der Waals surface area contributed by atoms with Crippen LogP contribution < -0.4 is 20.7 Å². The van der Waals surface area contributed by atoms with Gasteiger partial charge in [0.05, 0.1) is 19.3 Å². The van der Waals surface area contributed by atoms with Crippen molar-refractivity contribution in [1.29, 1.82) is 0 Å². The lowest BCUT2D eigenvalue weighted by atomic mass is 10.2.